The summed E-state index contributed by atoms with van der Waals surface area (Å²) >= 11 is 0. The second-order valence-corrected chi connectivity index (χ2v) is 9.36. The monoisotopic (exact) mass is 360 g/mol. The third-order valence-electron chi connectivity index (χ3n) is 8.30. The third-order valence-corrected chi connectivity index (χ3v) is 8.30. The molecule has 7 unspecified atom stereocenters. The molecule has 3 saturated carbocycles. The van der Waals surface area contributed by atoms with Crippen LogP contribution in [0.3, 0.4) is 0 Å². The first-order chi connectivity index (χ1) is 12.2. The van der Waals surface area contributed by atoms with Crippen molar-refractivity contribution in [3.05, 3.63) is 23.5 Å². The van der Waals surface area contributed by atoms with Gasteiger partial charge in [-0.2, -0.15) is 0 Å². The van der Waals surface area contributed by atoms with Gasteiger partial charge in [0.25, 0.3) is 0 Å². The fraction of sp³-hybridized carbons (Fsp3) is 0.714. The van der Waals surface area contributed by atoms with E-state index in [9.17, 15) is 24.9 Å². The topological polar surface area (TPSA) is 94.8 Å². The molecule has 3 N–H and O–H groups in total. The summed E-state index contributed by atoms with van der Waals surface area (Å²) in [5.74, 6) is -0.666. The predicted octanol–water partition coefficient (Wildman–Crippen LogP) is 3.24. The van der Waals surface area contributed by atoms with Gasteiger partial charge in [0.2, 0.25) is 0 Å². The Hall–Kier alpha value is -1.62. The summed E-state index contributed by atoms with van der Waals surface area (Å²) in [5, 5.41) is 30.3. The summed E-state index contributed by atoms with van der Waals surface area (Å²) in [6, 6.07) is 0. The highest BCUT2D eigenvalue weighted by Crippen LogP contribution is 2.66. The van der Waals surface area contributed by atoms with Crippen molar-refractivity contribution in [1.82, 2.24) is 0 Å². The van der Waals surface area contributed by atoms with E-state index in [1.54, 1.807) is 6.08 Å². The lowest BCUT2D eigenvalue weighted by molar-refractivity contribution is -0.157. The second kappa shape index (κ2) is 5.69. The van der Waals surface area contributed by atoms with Gasteiger partial charge >= 0.3 is 5.97 Å². The van der Waals surface area contributed by atoms with Crippen molar-refractivity contribution in [3.8, 4) is 0 Å². The van der Waals surface area contributed by atoms with Crippen LogP contribution in [-0.4, -0.2) is 33.2 Å². The molecule has 3 fully saturated rings. The van der Waals surface area contributed by atoms with Crippen LogP contribution in [0.15, 0.2) is 23.5 Å². The molecule has 0 spiro atoms. The van der Waals surface area contributed by atoms with Gasteiger partial charge in [-0.1, -0.05) is 19.4 Å². The minimum absolute atomic E-state index is 0.0103. The standard InChI is InChI=1S/C21H28O5/c1-20-8-11(10-22)16(23)7-12(20)3-4-13-14-5-6-15(19(25)26)21(14,2)9-17(24)18(13)20/h7,10,13-15,17-18,22,24H,3-6,8-9H2,1-2H3,(H,25,26)/b11-10-. The molecule has 0 amide bonds. The number of fused-ring (bicyclic) bond motifs is 5. The smallest absolute Gasteiger partial charge is 0.307 e. The van der Waals surface area contributed by atoms with Gasteiger partial charge in [0.15, 0.2) is 5.78 Å². The number of carboxylic acids is 1. The molecule has 5 heteroatoms. The first-order valence-corrected chi connectivity index (χ1v) is 9.72. The SMILES string of the molecule is CC12C/C(=C/O)C(=O)C=C1CCC1C2C(O)CC2(C)C(C(=O)O)CCC12. The fourth-order valence-corrected chi connectivity index (χ4v) is 7.19. The van der Waals surface area contributed by atoms with Crippen LogP contribution in [0.25, 0.3) is 0 Å². The molecular weight excluding hydrogens is 332 g/mol. The molecule has 0 aromatic rings. The van der Waals surface area contributed by atoms with Crippen molar-refractivity contribution in [2.24, 2.45) is 34.5 Å². The largest absolute Gasteiger partial charge is 0.515 e. The Balaban J connectivity index is 1.75. The molecule has 0 saturated heterocycles. The number of hydrogen-bond acceptors (Lipinski definition) is 4. The van der Waals surface area contributed by atoms with Crippen LogP contribution >= 0.6 is 0 Å². The number of aliphatic hydroxyl groups excluding tert-OH is 2. The van der Waals surface area contributed by atoms with Crippen LogP contribution < -0.4 is 0 Å². The van der Waals surface area contributed by atoms with E-state index < -0.39 is 12.1 Å². The number of carbonyl (C=O) groups is 2. The number of carboxylic acid groups (broad SMARTS) is 1. The average molecular weight is 360 g/mol. The van der Waals surface area contributed by atoms with Gasteiger partial charge in [-0.05, 0) is 73.2 Å². The Morgan fingerprint density at radius 3 is 2.65 bits per heavy atom. The number of aliphatic hydroxyl groups is 2. The summed E-state index contributed by atoms with van der Waals surface area (Å²) in [5.41, 5.74) is 0.800. The van der Waals surface area contributed by atoms with Crippen molar-refractivity contribution in [2.45, 2.75) is 58.5 Å². The van der Waals surface area contributed by atoms with Crippen LogP contribution in [-0.2, 0) is 9.59 Å². The molecule has 4 aliphatic carbocycles. The van der Waals surface area contributed by atoms with E-state index in [2.05, 4.69) is 13.8 Å². The number of allylic oxidation sites excluding steroid dienone is 2. The van der Waals surface area contributed by atoms with Crippen molar-refractivity contribution >= 4 is 11.8 Å². The van der Waals surface area contributed by atoms with Crippen LogP contribution in [0.5, 0.6) is 0 Å². The highest BCUT2D eigenvalue weighted by Gasteiger charge is 2.63. The lowest BCUT2D eigenvalue weighted by atomic mass is 9.45. The number of ketones is 1. The summed E-state index contributed by atoms with van der Waals surface area (Å²) in [7, 11) is 0. The van der Waals surface area contributed by atoms with Gasteiger partial charge in [-0.25, -0.2) is 0 Å². The Kier molecular flexibility index (Phi) is 3.89. The van der Waals surface area contributed by atoms with E-state index in [0.29, 0.717) is 30.8 Å². The maximum absolute atomic E-state index is 12.2. The lowest BCUT2D eigenvalue weighted by Gasteiger charge is -2.59. The second-order valence-electron chi connectivity index (χ2n) is 9.36. The molecule has 0 aliphatic heterocycles. The van der Waals surface area contributed by atoms with E-state index in [0.717, 1.165) is 31.1 Å². The summed E-state index contributed by atoms with van der Waals surface area (Å²) < 4.78 is 0. The Morgan fingerprint density at radius 1 is 1.27 bits per heavy atom. The zero-order valence-corrected chi connectivity index (χ0v) is 15.4. The van der Waals surface area contributed by atoms with E-state index in [1.807, 2.05) is 0 Å². The highest BCUT2D eigenvalue weighted by molar-refractivity contribution is 6.05. The molecule has 4 aliphatic rings. The molecule has 0 bridgehead atoms. The van der Waals surface area contributed by atoms with Crippen molar-refractivity contribution < 1.29 is 24.9 Å². The molecule has 0 heterocycles. The summed E-state index contributed by atoms with van der Waals surface area (Å²) in [6.07, 6.45) is 6.27. The Bertz CT molecular complexity index is 722. The van der Waals surface area contributed by atoms with Gasteiger partial charge < -0.3 is 15.3 Å². The number of hydrogen-bond donors (Lipinski definition) is 3. The molecule has 0 radical (unpaired) electrons. The molecule has 142 valence electrons. The molecule has 0 aromatic heterocycles. The molecule has 26 heavy (non-hydrogen) atoms. The minimum Gasteiger partial charge on any atom is -0.515 e. The minimum atomic E-state index is -0.739. The number of rotatable bonds is 1. The molecule has 7 atom stereocenters. The highest BCUT2D eigenvalue weighted by atomic mass is 16.4. The maximum atomic E-state index is 12.2. The van der Waals surface area contributed by atoms with Crippen molar-refractivity contribution in [3.63, 3.8) is 0 Å². The molecular formula is C21H28O5. The van der Waals surface area contributed by atoms with E-state index in [1.165, 1.54) is 0 Å². The first kappa shape index (κ1) is 17.8. The summed E-state index contributed by atoms with van der Waals surface area (Å²) in [4.78, 5) is 24.0. The van der Waals surface area contributed by atoms with E-state index in [-0.39, 0.29) is 34.4 Å². The molecule has 5 nitrogen and oxygen atoms in total. The molecule has 0 aromatic carbocycles. The first-order valence-electron chi connectivity index (χ1n) is 9.72. The predicted molar refractivity (Wildman–Crippen MR) is 95.3 cm³/mol. The van der Waals surface area contributed by atoms with E-state index >= 15 is 0 Å². The average Bonchev–Trinajstić information content (AvgIpc) is 2.91. The Morgan fingerprint density at radius 2 is 2.00 bits per heavy atom. The van der Waals surface area contributed by atoms with Gasteiger partial charge in [-0.15, -0.1) is 0 Å². The molecule has 4 rings (SSSR count). The van der Waals surface area contributed by atoms with Crippen LogP contribution in [0.2, 0.25) is 0 Å². The Labute approximate surface area is 153 Å². The van der Waals surface area contributed by atoms with Crippen molar-refractivity contribution in [1.29, 1.82) is 0 Å². The summed E-state index contributed by atoms with van der Waals surface area (Å²) in [6.45, 7) is 4.17. The third kappa shape index (κ3) is 2.19. The fourth-order valence-electron chi connectivity index (χ4n) is 7.19. The van der Waals surface area contributed by atoms with Gasteiger partial charge in [0.1, 0.15) is 0 Å². The number of aliphatic carboxylic acids is 1. The zero-order valence-electron chi connectivity index (χ0n) is 15.4. The van der Waals surface area contributed by atoms with Gasteiger partial charge in [0, 0.05) is 5.57 Å². The maximum Gasteiger partial charge on any atom is 0.307 e. The normalized spacial score (nSPS) is 49.2. The van der Waals surface area contributed by atoms with Crippen LogP contribution in [0.1, 0.15) is 52.4 Å². The zero-order chi connectivity index (χ0) is 18.9. The van der Waals surface area contributed by atoms with E-state index in [4.69, 9.17) is 0 Å². The van der Waals surface area contributed by atoms with Crippen molar-refractivity contribution in [2.75, 3.05) is 0 Å². The quantitative estimate of drug-likeness (QED) is 0.493. The lowest BCUT2D eigenvalue weighted by Crippen LogP contribution is -2.57. The van der Waals surface area contributed by atoms with Crippen LogP contribution in [0, 0.1) is 34.5 Å². The number of carbonyl (C=O) groups excluding carboxylic acids is 1. The van der Waals surface area contributed by atoms with Crippen LogP contribution in [0.4, 0.5) is 0 Å². The van der Waals surface area contributed by atoms with Gasteiger partial charge in [-0.3, -0.25) is 9.59 Å². The van der Waals surface area contributed by atoms with Gasteiger partial charge in [0.05, 0.1) is 18.3 Å².